The average Bonchev–Trinajstić information content (AvgIpc) is 3.24. The monoisotopic (exact) mass is 365 g/mol. The SMILES string of the molecule is [C-]#[N+]c1cnc2ccc(-c3c(-c4cccc(C)n4)ncn3CC(F)F)nn12. The van der Waals surface area contributed by atoms with Crippen molar-refractivity contribution in [2.45, 2.75) is 19.9 Å². The summed E-state index contributed by atoms with van der Waals surface area (Å²) in [6.07, 6.45) is 0.224. The molecule has 0 aliphatic heterocycles. The minimum atomic E-state index is -2.55. The molecular formula is C18H13F2N7. The van der Waals surface area contributed by atoms with E-state index in [1.807, 2.05) is 19.1 Å². The number of pyridine rings is 1. The second kappa shape index (κ2) is 6.57. The highest BCUT2D eigenvalue weighted by Crippen LogP contribution is 2.30. The van der Waals surface area contributed by atoms with Crippen molar-refractivity contribution >= 4 is 11.5 Å². The number of alkyl halides is 2. The topological polar surface area (TPSA) is 65.3 Å². The zero-order valence-corrected chi connectivity index (χ0v) is 14.2. The Morgan fingerprint density at radius 3 is 2.74 bits per heavy atom. The van der Waals surface area contributed by atoms with Gasteiger partial charge in [-0.15, -0.1) is 4.52 Å². The van der Waals surface area contributed by atoms with Crippen molar-refractivity contribution in [1.29, 1.82) is 0 Å². The van der Waals surface area contributed by atoms with E-state index in [9.17, 15) is 8.78 Å². The van der Waals surface area contributed by atoms with Crippen molar-refractivity contribution in [3.8, 4) is 22.8 Å². The number of aryl methyl sites for hydroxylation is 1. The molecule has 0 aromatic carbocycles. The van der Waals surface area contributed by atoms with Crippen molar-refractivity contribution in [1.82, 2.24) is 29.1 Å². The highest BCUT2D eigenvalue weighted by molar-refractivity contribution is 5.75. The van der Waals surface area contributed by atoms with Gasteiger partial charge in [-0.3, -0.25) is 4.98 Å². The van der Waals surface area contributed by atoms with Gasteiger partial charge in [-0.2, -0.15) is 0 Å². The molecule has 0 aliphatic rings. The van der Waals surface area contributed by atoms with Crippen LogP contribution in [0.15, 0.2) is 42.9 Å². The van der Waals surface area contributed by atoms with E-state index < -0.39 is 13.0 Å². The minimum absolute atomic E-state index is 0.238. The zero-order valence-electron chi connectivity index (χ0n) is 14.2. The van der Waals surface area contributed by atoms with Gasteiger partial charge in [-0.25, -0.2) is 18.7 Å². The first-order valence-electron chi connectivity index (χ1n) is 8.06. The summed E-state index contributed by atoms with van der Waals surface area (Å²) in [5, 5.41) is 4.43. The lowest BCUT2D eigenvalue weighted by Gasteiger charge is -2.09. The zero-order chi connectivity index (χ0) is 19.0. The van der Waals surface area contributed by atoms with Gasteiger partial charge in [-0.05, 0) is 25.1 Å². The van der Waals surface area contributed by atoms with E-state index in [0.717, 1.165) is 5.69 Å². The van der Waals surface area contributed by atoms with Crippen LogP contribution < -0.4 is 0 Å². The molecule has 7 nitrogen and oxygen atoms in total. The molecule has 0 radical (unpaired) electrons. The van der Waals surface area contributed by atoms with Crippen LogP contribution in [0.2, 0.25) is 0 Å². The Labute approximate surface area is 152 Å². The third-order valence-corrected chi connectivity index (χ3v) is 4.00. The van der Waals surface area contributed by atoms with Crippen LogP contribution in [-0.4, -0.2) is 35.6 Å². The fourth-order valence-corrected chi connectivity index (χ4v) is 2.86. The third-order valence-electron chi connectivity index (χ3n) is 4.00. The van der Waals surface area contributed by atoms with Crippen LogP contribution in [0.3, 0.4) is 0 Å². The molecule has 0 bridgehead atoms. The highest BCUT2D eigenvalue weighted by atomic mass is 19.3. The summed E-state index contributed by atoms with van der Waals surface area (Å²) in [5.41, 5.74) is 3.13. The van der Waals surface area contributed by atoms with Gasteiger partial charge >= 0.3 is 0 Å². The smallest absolute Gasteiger partial charge is 0.275 e. The molecule has 0 amide bonds. The average molecular weight is 365 g/mol. The van der Waals surface area contributed by atoms with Gasteiger partial charge in [0.2, 0.25) is 5.65 Å². The van der Waals surface area contributed by atoms with E-state index in [4.69, 9.17) is 6.57 Å². The summed E-state index contributed by atoms with van der Waals surface area (Å²) in [7, 11) is 0. The molecule has 4 heterocycles. The molecule has 0 atom stereocenters. The summed E-state index contributed by atoms with van der Waals surface area (Å²) >= 11 is 0. The van der Waals surface area contributed by atoms with Crippen molar-refractivity contribution in [2.24, 2.45) is 0 Å². The van der Waals surface area contributed by atoms with E-state index in [-0.39, 0.29) is 5.82 Å². The molecule has 0 fully saturated rings. The van der Waals surface area contributed by atoms with Gasteiger partial charge in [0.05, 0.1) is 24.8 Å². The number of halogens is 2. The molecule has 0 saturated carbocycles. The molecule has 4 aromatic heterocycles. The van der Waals surface area contributed by atoms with Gasteiger partial charge in [0.1, 0.15) is 17.1 Å². The quantitative estimate of drug-likeness (QED) is 0.516. The predicted molar refractivity (Wildman–Crippen MR) is 94.4 cm³/mol. The first-order chi connectivity index (χ1) is 13.1. The second-order valence-corrected chi connectivity index (χ2v) is 5.87. The molecule has 0 aliphatic carbocycles. The maximum Gasteiger partial charge on any atom is 0.275 e. The molecule has 0 spiro atoms. The number of hydrogen-bond acceptors (Lipinski definition) is 4. The molecule has 4 rings (SSSR count). The van der Waals surface area contributed by atoms with Gasteiger partial charge < -0.3 is 9.41 Å². The molecule has 0 N–H and O–H groups in total. The lowest BCUT2D eigenvalue weighted by molar-refractivity contribution is 0.127. The van der Waals surface area contributed by atoms with Crippen molar-refractivity contribution in [3.05, 3.63) is 60.0 Å². The lowest BCUT2D eigenvalue weighted by atomic mass is 10.1. The number of nitrogens with zero attached hydrogens (tertiary/aromatic N) is 7. The summed E-state index contributed by atoms with van der Waals surface area (Å²) < 4.78 is 28.9. The Morgan fingerprint density at radius 2 is 2.00 bits per heavy atom. The van der Waals surface area contributed by atoms with Gasteiger partial charge in [0.25, 0.3) is 12.2 Å². The maximum absolute atomic E-state index is 13.1. The summed E-state index contributed by atoms with van der Waals surface area (Å²) in [5.74, 6) is 0.238. The summed E-state index contributed by atoms with van der Waals surface area (Å²) in [4.78, 5) is 16.2. The van der Waals surface area contributed by atoms with Crippen LogP contribution in [0.25, 0.3) is 33.3 Å². The first kappa shape index (κ1) is 16.8. The lowest BCUT2D eigenvalue weighted by Crippen LogP contribution is -2.08. The maximum atomic E-state index is 13.1. The molecular weight excluding hydrogens is 352 g/mol. The Morgan fingerprint density at radius 1 is 1.15 bits per heavy atom. The largest absolute Gasteiger partial charge is 0.360 e. The van der Waals surface area contributed by atoms with Crippen LogP contribution in [0.1, 0.15) is 5.69 Å². The molecule has 134 valence electrons. The minimum Gasteiger partial charge on any atom is -0.360 e. The normalized spacial score (nSPS) is 11.2. The number of rotatable bonds is 4. The molecule has 27 heavy (non-hydrogen) atoms. The van der Waals surface area contributed by atoms with Gasteiger partial charge in [-0.1, -0.05) is 17.7 Å². The number of hydrogen-bond donors (Lipinski definition) is 0. The van der Waals surface area contributed by atoms with Crippen molar-refractivity contribution in [2.75, 3.05) is 0 Å². The summed E-state index contributed by atoms with van der Waals surface area (Å²) in [6, 6.07) is 8.80. The molecule has 9 heteroatoms. The van der Waals surface area contributed by atoms with Gasteiger partial charge in [0.15, 0.2) is 0 Å². The fraction of sp³-hybridized carbons (Fsp3) is 0.167. The van der Waals surface area contributed by atoms with Gasteiger partial charge in [0, 0.05) is 11.8 Å². The second-order valence-electron chi connectivity index (χ2n) is 5.87. The summed E-state index contributed by atoms with van der Waals surface area (Å²) in [6.45, 7) is 8.54. The predicted octanol–water partition coefficient (Wildman–Crippen LogP) is 3.78. The van der Waals surface area contributed by atoms with E-state index in [1.165, 1.54) is 21.6 Å². The standard InChI is InChI=1S/C18H13F2N7/c1-11-4-3-5-12(24-11)17-18(26(10-23-17)9-14(19)20)13-6-7-15-22-8-16(21-2)27(15)25-13/h3-8,10,14H,9H2,1H3. The van der Waals surface area contributed by atoms with E-state index in [0.29, 0.717) is 28.4 Å². The van der Waals surface area contributed by atoms with Crippen molar-refractivity contribution < 1.29 is 8.78 Å². The Balaban J connectivity index is 1.95. The Kier molecular flexibility index (Phi) is 4.08. The third kappa shape index (κ3) is 3.01. The van der Waals surface area contributed by atoms with Crippen LogP contribution in [-0.2, 0) is 6.54 Å². The van der Waals surface area contributed by atoms with Crippen LogP contribution in [0.4, 0.5) is 14.6 Å². The molecule has 0 saturated heterocycles. The van der Waals surface area contributed by atoms with Crippen LogP contribution in [0.5, 0.6) is 0 Å². The van der Waals surface area contributed by atoms with E-state index >= 15 is 0 Å². The molecule has 0 unspecified atom stereocenters. The van der Waals surface area contributed by atoms with E-state index in [2.05, 4.69) is 24.9 Å². The Bertz CT molecular complexity index is 1170. The first-order valence-corrected chi connectivity index (χ1v) is 8.06. The Hall–Kier alpha value is -3.67. The number of imidazole rings is 2. The molecule has 4 aromatic rings. The fourth-order valence-electron chi connectivity index (χ4n) is 2.86. The van der Waals surface area contributed by atoms with Crippen molar-refractivity contribution in [3.63, 3.8) is 0 Å². The van der Waals surface area contributed by atoms with Crippen LogP contribution >= 0.6 is 0 Å². The van der Waals surface area contributed by atoms with Crippen LogP contribution in [0, 0.1) is 13.5 Å². The number of fused-ring (bicyclic) bond motifs is 1. The van der Waals surface area contributed by atoms with E-state index in [1.54, 1.807) is 18.2 Å². The number of aromatic nitrogens is 6. The highest BCUT2D eigenvalue weighted by Gasteiger charge is 2.21.